The highest BCUT2D eigenvalue weighted by atomic mass is 35.5. The fourth-order valence-corrected chi connectivity index (χ4v) is 1.19. The minimum absolute atomic E-state index is 0.0501. The van der Waals surface area contributed by atoms with Gasteiger partial charge in [0.15, 0.2) is 0 Å². The van der Waals surface area contributed by atoms with Crippen LogP contribution in [0, 0.1) is 11.8 Å². The highest BCUT2D eigenvalue weighted by Crippen LogP contribution is 2.31. The molecule has 1 unspecified atom stereocenters. The zero-order chi connectivity index (χ0) is 8.97. The Morgan fingerprint density at radius 3 is 2.83 bits per heavy atom. The van der Waals surface area contributed by atoms with E-state index in [2.05, 4.69) is 5.32 Å². The number of hydrogen-bond donors (Lipinski definition) is 1. The molecule has 1 aliphatic rings. The van der Waals surface area contributed by atoms with E-state index >= 15 is 0 Å². The second kappa shape index (κ2) is 4.70. The van der Waals surface area contributed by atoms with E-state index in [1.165, 1.54) is 12.8 Å². The van der Waals surface area contributed by atoms with Gasteiger partial charge in [-0.3, -0.25) is 4.79 Å². The first-order chi connectivity index (χ1) is 5.74. The zero-order valence-electron chi connectivity index (χ0n) is 7.48. The van der Waals surface area contributed by atoms with Crippen LogP contribution in [0.1, 0.15) is 26.2 Å². The molecule has 0 radical (unpaired) electrons. The van der Waals surface area contributed by atoms with E-state index in [4.69, 9.17) is 11.6 Å². The molecule has 0 bridgehead atoms. The molecule has 0 aromatic carbocycles. The molecule has 2 nitrogen and oxygen atoms in total. The molecule has 12 heavy (non-hydrogen) atoms. The summed E-state index contributed by atoms with van der Waals surface area (Å²) < 4.78 is 0. The molecule has 0 aliphatic heterocycles. The normalized spacial score (nSPS) is 18.8. The van der Waals surface area contributed by atoms with Crippen LogP contribution in [0.2, 0.25) is 0 Å². The van der Waals surface area contributed by atoms with E-state index in [0.29, 0.717) is 5.88 Å². The van der Waals surface area contributed by atoms with Crippen molar-refractivity contribution < 1.29 is 4.79 Å². The van der Waals surface area contributed by atoms with Crippen molar-refractivity contribution in [2.45, 2.75) is 26.2 Å². The maximum absolute atomic E-state index is 11.2. The fraction of sp³-hybridized carbons (Fsp3) is 0.889. The molecule has 1 N–H and O–H groups in total. The number of carbonyl (C=O) groups excluding carboxylic acids is 1. The predicted molar refractivity (Wildman–Crippen MR) is 50.2 cm³/mol. The van der Waals surface area contributed by atoms with Gasteiger partial charge in [0.25, 0.3) is 0 Å². The number of alkyl halides is 1. The molecule has 0 aromatic rings. The van der Waals surface area contributed by atoms with Gasteiger partial charge in [-0.05, 0) is 12.3 Å². The van der Waals surface area contributed by atoms with Crippen molar-refractivity contribution >= 4 is 17.5 Å². The Labute approximate surface area is 78.7 Å². The van der Waals surface area contributed by atoms with Gasteiger partial charge in [0.2, 0.25) is 5.91 Å². The molecule has 1 aliphatic carbocycles. The lowest BCUT2D eigenvalue weighted by Gasteiger charge is -2.08. The van der Waals surface area contributed by atoms with Crippen molar-refractivity contribution in [1.29, 1.82) is 0 Å². The summed E-state index contributed by atoms with van der Waals surface area (Å²) in [7, 11) is 0. The topological polar surface area (TPSA) is 29.1 Å². The minimum atomic E-state index is -0.0501. The summed E-state index contributed by atoms with van der Waals surface area (Å²) in [6, 6.07) is 0. The van der Waals surface area contributed by atoms with Gasteiger partial charge in [-0.15, -0.1) is 11.6 Å². The summed E-state index contributed by atoms with van der Waals surface area (Å²) in [5, 5.41) is 2.88. The standard InChI is InChI=1S/C9H16ClNO/c1-7(6-10)9(12)11-5-4-8-2-3-8/h7-8H,2-6H2,1H3,(H,11,12). The maximum atomic E-state index is 11.2. The predicted octanol–water partition coefficient (Wildman–Crippen LogP) is 1.78. The van der Waals surface area contributed by atoms with Gasteiger partial charge in [-0.25, -0.2) is 0 Å². The molecule has 0 saturated heterocycles. The van der Waals surface area contributed by atoms with Gasteiger partial charge in [-0.2, -0.15) is 0 Å². The van der Waals surface area contributed by atoms with Gasteiger partial charge >= 0.3 is 0 Å². The van der Waals surface area contributed by atoms with Crippen LogP contribution in [0.4, 0.5) is 0 Å². The van der Waals surface area contributed by atoms with Crippen LogP contribution in [0.15, 0.2) is 0 Å². The van der Waals surface area contributed by atoms with E-state index in [1.54, 1.807) is 0 Å². The highest BCUT2D eigenvalue weighted by Gasteiger charge is 2.21. The molecular formula is C9H16ClNO. The number of rotatable bonds is 5. The van der Waals surface area contributed by atoms with Crippen molar-refractivity contribution in [3.8, 4) is 0 Å². The molecule has 0 spiro atoms. The smallest absolute Gasteiger partial charge is 0.224 e. The van der Waals surface area contributed by atoms with E-state index in [-0.39, 0.29) is 11.8 Å². The Kier molecular flexibility index (Phi) is 3.86. The number of hydrogen-bond acceptors (Lipinski definition) is 1. The molecule has 1 atom stereocenters. The van der Waals surface area contributed by atoms with E-state index in [0.717, 1.165) is 18.9 Å². The van der Waals surface area contributed by atoms with E-state index in [1.807, 2.05) is 6.92 Å². The second-order valence-corrected chi connectivity index (χ2v) is 3.89. The Balaban J connectivity index is 2.00. The van der Waals surface area contributed by atoms with Crippen molar-refractivity contribution in [2.24, 2.45) is 11.8 Å². The Morgan fingerprint density at radius 2 is 2.33 bits per heavy atom. The maximum Gasteiger partial charge on any atom is 0.224 e. The Hall–Kier alpha value is -0.240. The van der Waals surface area contributed by atoms with Crippen LogP contribution in [0.5, 0.6) is 0 Å². The fourth-order valence-electron chi connectivity index (χ4n) is 1.05. The number of carbonyl (C=O) groups is 1. The zero-order valence-corrected chi connectivity index (χ0v) is 8.23. The third-order valence-corrected chi connectivity index (χ3v) is 2.69. The number of halogens is 1. The van der Waals surface area contributed by atoms with Gasteiger partial charge in [0.05, 0.1) is 0 Å². The highest BCUT2D eigenvalue weighted by molar-refractivity contribution is 6.19. The SMILES string of the molecule is CC(CCl)C(=O)NCCC1CC1. The van der Waals surface area contributed by atoms with Crippen LogP contribution in [0.3, 0.4) is 0 Å². The van der Waals surface area contributed by atoms with Crippen molar-refractivity contribution in [2.75, 3.05) is 12.4 Å². The average molecular weight is 190 g/mol. The molecule has 1 amide bonds. The monoisotopic (exact) mass is 189 g/mol. The van der Waals surface area contributed by atoms with E-state index in [9.17, 15) is 4.79 Å². The first-order valence-electron chi connectivity index (χ1n) is 4.57. The average Bonchev–Trinajstić information content (AvgIpc) is 2.86. The number of amides is 1. The summed E-state index contributed by atoms with van der Waals surface area (Å²) >= 11 is 5.54. The van der Waals surface area contributed by atoms with Gasteiger partial charge < -0.3 is 5.32 Å². The van der Waals surface area contributed by atoms with Gasteiger partial charge in [0, 0.05) is 18.3 Å². The lowest BCUT2D eigenvalue weighted by Crippen LogP contribution is -2.30. The lowest BCUT2D eigenvalue weighted by atomic mass is 10.2. The Morgan fingerprint density at radius 1 is 1.67 bits per heavy atom. The summed E-state index contributed by atoms with van der Waals surface area (Å²) in [5.41, 5.74) is 0. The molecule has 1 saturated carbocycles. The summed E-state index contributed by atoms with van der Waals surface area (Å²) in [6.45, 7) is 2.67. The molecule has 0 aromatic heterocycles. The van der Waals surface area contributed by atoms with Gasteiger partial charge in [-0.1, -0.05) is 19.8 Å². The van der Waals surface area contributed by atoms with Crippen LogP contribution in [0.25, 0.3) is 0 Å². The van der Waals surface area contributed by atoms with E-state index < -0.39 is 0 Å². The van der Waals surface area contributed by atoms with Crippen LogP contribution >= 0.6 is 11.6 Å². The second-order valence-electron chi connectivity index (χ2n) is 3.58. The van der Waals surface area contributed by atoms with Crippen molar-refractivity contribution in [1.82, 2.24) is 5.32 Å². The molecule has 1 rings (SSSR count). The van der Waals surface area contributed by atoms with Crippen LogP contribution in [-0.4, -0.2) is 18.3 Å². The van der Waals surface area contributed by atoms with Crippen LogP contribution < -0.4 is 5.32 Å². The summed E-state index contributed by atoms with van der Waals surface area (Å²) in [6.07, 6.45) is 3.84. The quantitative estimate of drug-likeness (QED) is 0.657. The summed E-state index contributed by atoms with van der Waals surface area (Å²) in [4.78, 5) is 11.2. The first-order valence-corrected chi connectivity index (χ1v) is 5.11. The molecular weight excluding hydrogens is 174 g/mol. The molecule has 70 valence electrons. The third kappa shape index (κ3) is 3.44. The largest absolute Gasteiger partial charge is 0.356 e. The molecule has 0 heterocycles. The first kappa shape index (κ1) is 9.85. The lowest BCUT2D eigenvalue weighted by molar-refractivity contribution is -0.123. The van der Waals surface area contributed by atoms with Crippen LogP contribution in [-0.2, 0) is 4.79 Å². The summed E-state index contributed by atoms with van der Waals surface area (Å²) in [5.74, 6) is 1.34. The van der Waals surface area contributed by atoms with Crippen molar-refractivity contribution in [3.63, 3.8) is 0 Å². The van der Waals surface area contributed by atoms with Gasteiger partial charge in [0.1, 0.15) is 0 Å². The molecule has 3 heteroatoms. The Bertz CT molecular complexity index is 157. The molecule has 1 fully saturated rings. The number of nitrogens with one attached hydrogen (secondary N) is 1. The van der Waals surface area contributed by atoms with Crippen molar-refractivity contribution in [3.05, 3.63) is 0 Å². The minimum Gasteiger partial charge on any atom is -0.356 e. The third-order valence-electron chi connectivity index (χ3n) is 2.23.